The standard InChI is InChI=1S/C8H16N2/c1-4-7-10(3)8-6-9-5-2/h1,9H,5-8H2,2-3H3. The quantitative estimate of drug-likeness (QED) is 0.432. The summed E-state index contributed by atoms with van der Waals surface area (Å²) in [7, 11) is 2.02. The monoisotopic (exact) mass is 140 g/mol. The number of hydrogen-bond donors (Lipinski definition) is 1. The molecular formula is C8H16N2. The fourth-order valence-electron chi connectivity index (χ4n) is 0.682. The molecule has 0 aliphatic carbocycles. The highest BCUT2D eigenvalue weighted by Crippen LogP contribution is 1.76. The molecule has 0 aromatic rings. The SMILES string of the molecule is C#CCN(C)CCNCC. The van der Waals surface area contributed by atoms with Gasteiger partial charge in [0.25, 0.3) is 0 Å². The van der Waals surface area contributed by atoms with Crippen LogP contribution in [0.1, 0.15) is 6.92 Å². The zero-order valence-corrected chi connectivity index (χ0v) is 6.85. The van der Waals surface area contributed by atoms with Crippen molar-refractivity contribution in [1.29, 1.82) is 0 Å². The fourth-order valence-corrected chi connectivity index (χ4v) is 0.682. The Balaban J connectivity index is 3.06. The molecule has 1 N–H and O–H groups in total. The lowest BCUT2D eigenvalue weighted by Gasteiger charge is -2.12. The van der Waals surface area contributed by atoms with Gasteiger partial charge in [0.1, 0.15) is 0 Å². The lowest BCUT2D eigenvalue weighted by Crippen LogP contribution is -2.29. The highest BCUT2D eigenvalue weighted by Gasteiger charge is 1.91. The third-order valence-electron chi connectivity index (χ3n) is 1.28. The van der Waals surface area contributed by atoms with Crippen LogP contribution in [0.4, 0.5) is 0 Å². The van der Waals surface area contributed by atoms with E-state index in [4.69, 9.17) is 6.42 Å². The van der Waals surface area contributed by atoms with Crippen LogP contribution in [0.5, 0.6) is 0 Å². The van der Waals surface area contributed by atoms with Gasteiger partial charge < -0.3 is 5.32 Å². The van der Waals surface area contributed by atoms with E-state index in [1.807, 2.05) is 7.05 Å². The second-order valence-electron chi connectivity index (χ2n) is 2.30. The summed E-state index contributed by atoms with van der Waals surface area (Å²) in [5.41, 5.74) is 0. The summed E-state index contributed by atoms with van der Waals surface area (Å²) in [5, 5.41) is 3.23. The van der Waals surface area contributed by atoms with E-state index in [1.54, 1.807) is 0 Å². The topological polar surface area (TPSA) is 15.3 Å². The van der Waals surface area contributed by atoms with Gasteiger partial charge in [-0.3, -0.25) is 4.90 Å². The Kier molecular flexibility index (Phi) is 6.25. The van der Waals surface area contributed by atoms with Crippen LogP contribution in [-0.4, -0.2) is 38.1 Å². The van der Waals surface area contributed by atoms with Gasteiger partial charge in [-0.1, -0.05) is 12.8 Å². The van der Waals surface area contributed by atoms with Crippen molar-refractivity contribution in [2.24, 2.45) is 0 Å². The van der Waals surface area contributed by atoms with Crippen molar-refractivity contribution in [3.8, 4) is 12.3 Å². The molecule has 0 aromatic heterocycles. The molecule has 0 unspecified atom stereocenters. The third-order valence-corrected chi connectivity index (χ3v) is 1.28. The van der Waals surface area contributed by atoms with Crippen LogP contribution in [0.25, 0.3) is 0 Å². The summed E-state index contributed by atoms with van der Waals surface area (Å²) < 4.78 is 0. The Labute approximate surface area is 63.6 Å². The fraction of sp³-hybridized carbons (Fsp3) is 0.750. The van der Waals surface area contributed by atoms with Crippen LogP contribution in [0.3, 0.4) is 0 Å². The summed E-state index contributed by atoms with van der Waals surface area (Å²) in [6.07, 6.45) is 5.12. The van der Waals surface area contributed by atoms with E-state index in [1.165, 1.54) is 0 Å². The van der Waals surface area contributed by atoms with Gasteiger partial charge in [0.05, 0.1) is 6.54 Å². The maximum absolute atomic E-state index is 5.12. The molecule has 0 aliphatic rings. The zero-order valence-electron chi connectivity index (χ0n) is 6.85. The number of rotatable bonds is 5. The van der Waals surface area contributed by atoms with Crippen molar-refractivity contribution in [3.63, 3.8) is 0 Å². The number of hydrogen-bond acceptors (Lipinski definition) is 2. The number of nitrogens with one attached hydrogen (secondary N) is 1. The molecule has 0 saturated heterocycles. The third kappa shape index (κ3) is 5.61. The van der Waals surface area contributed by atoms with Crippen molar-refractivity contribution in [2.75, 3.05) is 33.2 Å². The van der Waals surface area contributed by atoms with Gasteiger partial charge in [0.15, 0.2) is 0 Å². The number of terminal acetylenes is 1. The second-order valence-corrected chi connectivity index (χ2v) is 2.30. The smallest absolute Gasteiger partial charge is 0.0596 e. The van der Waals surface area contributed by atoms with Gasteiger partial charge in [0.2, 0.25) is 0 Å². The number of nitrogens with zero attached hydrogens (tertiary/aromatic N) is 1. The number of likely N-dealkylation sites (N-methyl/N-ethyl adjacent to an activating group) is 2. The van der Waals surface area contributed by atoms with Crippen molar-refractivity contribution in [2.45, 2.75) is 6.92 Å². The van der Waals surface area contributed by atoms with Crippen LogP contribution in [-0.2, 0) is 0 Å². The first-order valence-electron chi connectivity index (χ1n) is 3.64. The van der Waals surface area contributed by atoms with Crippen molar-refractivity contribution >= 4 is 0 Å². The average Bonchev–Trinajstić information content (AvgIpc) is 1.89. The van der Waals surface area contributed by atoms with Crippen LogP contribution in [0, 0.1) is 12.3 Å². The predicted molar refractivity (Wildman–Crippen MR) is 44.9 cm³/mol. The molecule has 10 heavy (non-hydrogen) atoms. The van der Waals surface area contributed by atoms with Crippen molar-refractivity contribution < 1.29 is 0 Å². The summed E-state index contributed by atoms with van der Waals surface area (Å²) in [6.45, 7) is 5.92. The van der Waals surface area contributed by atoms with E-state index in [2.05, 4.69) is 23.1 Å². The van der Waals surface area contributed by atoms with Gasteiger partial charge in [0, 0.05) is 13.1 Å². The Morgan fingerprint density at radius 1 is 1.60 bits per heavy atom. The van der Waals surface area contributed by atoms with E-state index in [0.29, 0.717) is 0 Å². The summed E-state index contributed by atoms with van der Waals surface area (Å²) in [4.78, 5) is 2.11. The first kappa shape index (κ1) is 9.48. The average molecular weight is 140 g/mol. The normalized spacial score (nSPS) is 9.80. The molecule has 0 aromatic carbocycles. The molecule has 0 radical (unpaired) electrons. The molecule has 2 heteroatoms. The van der Waals surface area contributed by atoms with Crippen molar-refractivity contribution in [3.05, 3.63) is 0 Å². The highest BCUT2D eigenvalue weighted by atomic mass is 15.1. The van der Waals surface area contributed by atoms with Gasteiger partial charge in [-0.2, -0.15) is 0 Å². The molecule has 0 rings (SSSR count). The summed E-state index contributed by atoms with van der Waals surface area (Å²) in [6, 6.07) is 0. The van der Waals surface area contributed by atoms with E-state index >= 15 is 0 Å². The summed E-state index contributed by atoms with van der Waals surface area (Å²) in [5.74, 6) is 2.59. The summed E-state index contributed by atoms with van der Waals surface area (Å²) >= 11 is 0. The minimum atomic E-state index is 0.741. The Morgan fingerprint density at radius 3 is 2.80 bits per heavy atom. The molecule has 0 bridgehead atoms. The molecule has 58 valence electrons. The van der Waals surface area contributed by atoms with Gasteiger partial charge in [-0.05, 0) is 13.6 Å². The van der Waals surface area contributed by atoms with Gasteiger partial charge in [-0.15, -0.1) is 6.42 Å². The van der Waals surface area contributed by atoms with E-state index in [-0.39, 0.29) is 0 Å². The van der Waals surface area contributed by atoms with E-state index in [9.17, 15) is 0 Å². The van der Waals surface area contributed by atoms with Crippen molar-refractivity contribution in [1.82, 2.24) is 10.2 Å². The molecule has 0 aliphatic heterocycles. The molecule has 0 amide bonds. The minimum Gasteiger partial charge on any atom is -0.316 e. The largest absolute Gasteiger partial charge is 0.316 e. The molecule has 0 heterocycles. The van der Waals surface area contributed by atoms with Crippen LogP contribution in [0.2, 0.25) is 0 Å². The first-order valence-corrected chi connectivity index (χ1v) is 3.64. The van der Waals surface area contributed by atoms with Gasteiger partial charge in [-0.25, -0.2) is 0 Å². The Hall–Kier alpha value is -0.520. The lowest BCUT2D eigenvalue weighted by atomic mass is 10.5. The molecule has 2 nitrogen and oxygen atoms in total. The van der Waals surface area contributed by atoms with Crippen LogP contribution in [0.15, 0.2) is 0 Å². The zero-order chi connectivity index (χ0) is 7.82. The maximum atomic E-state index is 5.12. The maximum Gasteiger partial charge on any atom is 0.0596 e. The molecule has 0 fully saturated rings. The molecular weight excluding hydrogens is 124 g/mol. The van der Waals surface area contributed by atoms with Crippen LogP contribution >= 0.6 is 0 Å². The molecule has 0 atom stereocenters. The minimum absolute atomic E-state index is 0.741. The lowest BCUT2D eigenvalue weighted by molar-refractivity contribution is 0.372. The molecule has 0 saturated carbocycles. The van der Waals surface area contributed by atoms with E-state index in [0.717, 1.165) is 26.2 Å². The highest BCUT2D eigenvalue weighted by molar-refractivity contribution is 4.87. The van der Waals surface area contributed by atoms with Crippen LogP contribution < -0.4 is 5.32 Å². The molecule has 0 spiro atoms. The first-order chi connectivity index (χ1) is 4.81. The van der Waals surface area contributed by atoms with Gasteiger partial charge >= 0.3 is 0 Å². The second kappa shape index (κ2) is 6.60. The predicted octanol–water partition coefficient (Wildman–Crippen LogP) is 0.161. The Morgan fingerprint density at radius 2 is 2.30 bits per heavy atom. The Bertz CT molecular complexity index is 104. The van der Waals surface area contributed by atoms with E-state index < -0.39 is 0 Å².